The maximum atomic E-state index is 10.8. The number of hydrogen-bond acceptors (Lipinski definition) is 6. The molecule has 0 saturated heterocycles. The molecule has 0 aromatic carbocycles. The van der Waals surface area contributed by atoms with E-state index >= 15 is 0 Å². The number of aryl methyl sites for hydroxylation is 2. The monoisotopic (exact) mass is 269 g/mol. The van der Waals surface area contributed by atoms with Crippen molar-refractivity contribution in [2.45, 2.75) is 20.4 Å². The van der Waals surface area contributed by atoms with Gasteiger partial charge in [-0.05, 0) is 13.8 Å². The molecule has 0 atom stereocenters. The van der Waals surface area contributed by atoms with E-state index in [0.717, 1.165) is 10.6 Å². The van der Waals surface area contributed by atoms with Crippen LogP contribution >= 0.6 is 22.7 Å². The zero-order valence-corrected chi connectivity index (χ0v) is 11.0. The van der Waals surface area contributed by atoms with Crippen LogP contribution in [0.4, 0.5) is 5.13 Å². The van der Waals surface area contributed by atoms with Gasteiger partial charge in [0.25, 0.3) is 0 Å². The van der Waals surface area contributed by atoms with Gasteiger partial charge in [0, 0.05) is 9.75 Å². The Hall–Kier alpha value is -1.47. The summed E-state index contributed by atoms with van der Waals surface area (Å²) in [6, 6.07) is 0. The van der Waals surface area contributed by atoms with Gasteiger partial charge in [-0.1, -0.05) is 0 Å². The van der Waals surface area contributed by atoms with Crippen molar-refractivity contribution in [3.05, 3.63) is 26.7 Å². The third-order valence-electron chi connectivity index (χ3n) is 2.24. The minimum atomic E-state index is -0.985. The number of carboxylic acid groups (broad SMARTS) is 1. The first-order chi connectivity index (χ1) is 8.08. The van der Waals surface area contributed by atoms with Gasteiger partial charge >= 0.3 is 5.97 Å². The molecule has 0 fully saturated rings. The van der Waals surface area contributed by atoms with Gasteiger partial charge in [0.1, 0.15) is 0 Å². The second kappa shape index (κ2) is 4.80. The summed E-state index contributed by atoms with van der Waals surface area (Å²) < 4.78 is 0. The van der Waals surface area contributed by atoms with Crippen LogP contribution in [0.3, 0.4) is 0 Å². The van der Waals surface area contributed by atoms with Crippen molar-refractivity contribution >= 4 is 33.8 Å². The molecule has 2 aromatic heterocycles. The Balaban J connectivity index is 2.07. The maximum Gasteiger partial charge on any atom is 0.355 e. The molecule has 0 aliphatic rings. The Morgan fingerprint density at radius 1 is 1.53 bits per heavy atom. The summed E-state index contributed by atoms with van der Waals surface area (Å²) in [5.74, 6) is -0.985. The van der Waals surface area contributed by atoms with E-state index < -0.39 is 5.97 Å². The highest BCUT2D eigenvalue weighted by atomic mass is 32.1. The summed E-state index contributed by atoms with van der Waals surface area (Å²) in [6.07, 6.45) is 0. The van der Waals surface area contributed by atoms with E-state index in [4.69, 9.17) is 5.11 Å². The fourth-order valence-corrected chi connectivity index (χ4v) is 2.84. The van der Waals surface area contributed by atoms with Crippen molar-refractivity contribution in [3.8, 4) is 0 Å². The molecule has 5 nitrogen and oxygen atoms in total. The first kappa shape index (κ1) is 12.0. The van der Waals surface area contributed by atoms with Crippen molar-refractivity contribution in [1.29, 1.82) is 0 Å². The molecular formula is C10H11N3O2S2. The lowest BCUT2D eigenvalue weighted by Gasteiger charge is -1.99. The van der Waals surface area contributed by atoms with Gasteiger partial charge in [-0.3, -0.25) is 0 Å². The van der Waals surface area contributed by atoms with E-state index in [2.05, 4.69) is 15.3 Å². The fraction of sp³-hybridized carbons (Fsp3) is 0.300. The summed E-state index contributed by atoms with van der Waals surface area (Å²) >= 11 is 2.92. The second-order valence-electron chi connectivity index (χ2n) is 3.44. The lowest BCUT2D eigenvalue weighted by atomic mass is 10.4. The molecule has 0 radical (unpaired) electrons. The fourth-order valence-electron chi connectivity index (χ4n) is 1.32. The van der Waals surface area contributed by atoms with Gasteiger partial charge in [-0.15, -0.1) is 22.7 Å². The third kappa shape index (κ3) is 2.62. The number of carboxylic acids is 1. The molecule has 2 N–H and O–H groups in total. The predicted octanol–water partition coefficient (Wildman–Crippen LogP) is 2.53. The highest BCUT2D eigenvalue weighted by molar-refractivity contribution is 7.15. The topological polar surface area (TPSA) is 75.1 Å². The average molecular weight is 269 g/mol. The van der Waals surface area contributed by atoms with Crippen LogP contribution in [0.2, 0.25) is 0 Å². The van der Waals surface area contributed by atoms with E-state index in [1.807, 2.05) is 6.92 Å². The molecular weight excluding hydrogens is 258 g/mol. The third-order valence-corrected chi connectivity index (χ3v) is 4.11. The number of aromatic carboxylic acids is 1. The van der Waals surface area contributed by atoms with Gasteiger partial charge in [-0.25, -0.2) is 14.8 Å². The number of aromatic nitrogens is 2. The van der Waals surface area contributed by atoms with Crippen LogP contribution in [-0.2, 0) is 6.54 Å². The van der Waals surface area contributed by atoms with E-state index in [0.29, 0.717) is 16.6 Å². The SMILES string of the molecule is Cc1ncsc1CNc1nc(C(=O)O)c(C)s1. The second-order valence-corrected chi connectivity index (χ2v) is 5.59. The van der Waals surface area contributed by atoms with Crippen molar-refractivity contribution in [2.75, 3.05) is 5.32 Å². The molecule has 2 aromatic rings. The molecule has 0 bridgehead atoms. The quantitative estimate of drug-likeness (QED) is 0.892. The van der Waals surface area contributed by atoms with E-state index in [1.54, 1.807) is 23.8 Å². The average Bonchev–Trinajstić information content (AvgIpc) is 2.82. The molecule has 0 aliphatic heterocycles. The number of nitrogens with zero attached hydrogens (tertiary/aromatic N) is 2. The molecule has 90 valence electrons. The number of hydrogen-bond donors (Lipinski definition) is 2. The van der Waals surface area contributed by atoms with Gasteiger partial charge in [0.2, 0.25) is 0 Å². The Labute approximate surface area is 106 Å². The smallest absolute Gasteiger partial charge is 0.355 e. The van der Waals surface area contributed by atoms with Gasteiger partial charge in [0.15, 0.2) is 10.8 Å². The summed E-state index contributed by atoms with van der Waals surface area (Å²) in [5, 5.41) is 12.6. The first-order valence-electron chi connectivity index (χ1n) is 4.91. The number of rotatable bonds is 4. The summed E-state index contributed by atoms with van der Waals surface area (Å²) in [4.78, 5) is 20.9. The lowest BCUT2D eigenvalue weighted by Crippen LogP contribution is -2.01. The molecule has 7 heteroatoms. The van der Waals surface area contributed by atoms with E-state index in [9.17, 15) is 4.79 Å². The molecule has 17 heavy (non-hydrogen) atoms. The maximum absolute atomic E-state index is 10.8. The first-order valence-corrected chi connectivity index (χ1v) is 6.61. The summed E-state index contributed by atoms with van der Waals surface area (Å²) in [6.45, 7) is 4.33. The van der Waals surface area contributed by atoms with Crippen molar-refractivity contribution in [3.63, 3.8) is 0 Å². The molecule has 0 spiro atoms. The normalized spacial score (nSPS) is 10.5. The Morgan fingerprint density at radius 3 is 2.82 bits per heavy atom. The largest absolute Gasteiger partial charge is 0.476 e. The van der Waals surface area contributed by atoms with Crippen LogP contribution < -0.4 is 5.32 Å². The van der Waals surface area contributed by atoms with Crippen molar-refractivity contribution in [1.82, 2.24) is 9.97 Å². The van der Waals surface area contributed by atoms with Crippen molar-refractivity contribution < 1.29 is 9.90 Å². The predicted molar refractivity (Wildman–Crippen MR) is 68.0 cm³/mol. The standard InChI is InChI=1S/C10H11N3O2S2/c1-5-7(16-4-12-5)3-11-10-13-8(9(14)15)6(2)17-10/h4H,3H2,1-2H3,(H,11,13)(H,14,15). The number of nitrogens with one attached hydrogen (secondary N) is 1. The zero-order valence-electron chi connectivity index (χ0n) is 9.35. The van der Waals surface area contributed by atoms with Crippen LogP contribution in [0.15, 0.2) is 5.51 Å². The minimum Gasteiger partial charge on any atom is -0.476 e. The van der Waals surface area contributed by atoms with Gasteiger partial charge < -0.3 is 10.4 Å². The van der Waals surface area contributed by atoms with E-state index in [-0.39, 0.29) is 5.69 Å². The Morgan fingerprint density at radius 2 is 2.29 bits per heavy atom. The minimum absolute atomic E-state index is 0.124. The van der Waals surface area contributed by atoms with Gasteiger partial charge in [0.05, 0.1) is 17.7 Å². The Bertz CT molecular complexity index is 547. The number of thiazole rings is 2. The van der Waals surface area contributed by atoms with Crippen LogP contribution in [0.25, 0.3) is 0 Å². The number of anilines is 1. The molecule has 2 heterocycles. The van der Waals surface area contributed by atoms with Crippen LogP contribution in [-0.4, -0.2) is 21.0 Å². The van der Waals surface area contributed by atoms with E-state index in [1.165, 1.54) is 11.3 Å². The lowest BCUT2D eigenvalue weighted by molar-refractivity contribution is 0.0690. The number of carbonyl (C=O) groups is 1. The van der Waals surface area contributed by atoms with Crippen molar-refractivity contribution in [2.24, 2.45) is 0 Å². The summed E-state index contributed by atoms with van der Waals surface area (Å²) in [5.41, 5.74) is 2.91. The van der Waals surface area contributed by atoms with Crippen LogP contribution in [0.1, 0.15) is 25.9 Å². The highest BCUT2D eigenvalue weighted by Crippen LogP contribution is 2.23. The summed E-state index contributed by atoms with van der Waals surface area (Å²) in [7, 11) is 0. The van der Waals surface area contributed by atoms with Crippen LogP contribution in [0, 0.1) is 13.8 Å². The molecule has 0 unspecified atom stereocenters. The Kier molecular flexibility index (Phi) is 3.39. The molecule has 0 aliphatic carbocycles. The molecule has 2 rings (SSSR count). The molecule has 0 amide bonds. The van der Waals surface area contributed by atoms with Gasteiger partial charge in [-0.2, -0.15) is 0 Å². The zero-order chi connectivity index (χ0) is 12.4. The highest BCUT2D eigenvalue weighted by Gasteiger charge is 2.14. The molecule has 0 saturated carbocycles. The van der Waals surface area contributed by atoms with Crippen LogP contribution in [0.5, 0.6) is 0 Å².